The Morgan fingerprint density at radius 1 is 1.39 bits per heavy atom. The molecular weight excluding hydrogens is 222 g/mol. The quantitative estimate of drug-likeness (QED) is 0.863. The van der Waals surface area contributed by atoms with Crippen LogP contribution in [-0.2, 0) is 0 Å². The molecule has 0 spiro atoms. The molecule has 3 heteroatoms. The van der Waals surface area contributed by atoms with E-state index in [-0.39, 0.29) is 0 Å². The Balaban J connectivity index is 2.05. The van der Waals surface area contributed by atoms with Crippen molar-refractivity contribution in [3.05, 3.63) is 29.8 Å². The van der Waals surface area contributed by atoms with Crippen LogP contribution in [0.3, 0.4) is 0 Å². The minimum atomic E-state index is 0.618. The third-order valence-corrected chi connectivity index (χ3v) is 3.46. The van der Waals surface area contributed by atoms with E-state index in [1.54, 1.807) is 0 Å². The molecule has 1 aromatic rings. The SMILES string of the molecule is CCCN(CC1CCCN1)c1ccc(C#N)cc1. The summed E-state index contributed by atoms with van der Waals surface area (Å²) >= 11 is 0. The van der Waals surface area contributed by atoms with Crippen molar-refractivity contribution in [2.75, 3.05) is 24.5 Å². The van der Waals surface area contributed by atoms with Gasteiger partial charge in [-0.25, -0.2) is 0 Å². The summed E-state index contributed by atoms with van der Waals surface area (Å²) in [5.74, 6) is 0. The van der Waals surface area contributed by atoms with Gasteiger partial charge in [0, 0.05) is 24.8 Å². The lowest BCUT2D eigenvalue weighted by atomic mass is 10.1. The summed E-state index contributed by atoms with van der Waals surface area (Å²) in [6.07, 6.45) is 3.71. The van der Waals surface area contributed by atoms with Gasteiger partial charge in [-0.05, 0) is 50.1 Å². The fourth-order valence-electron chi connectivity index (χ4n) is 2.52. The highest BCUT2D eigenvalue weighted by Gasteiger charge is 2.17. The predicted molar refractivity (Wildman–Crippen MR) is 74.7 cm³/mol. The van der Waals surface area contributed by atoms with Crippen LogP contribution in [0.15, 0.2) is 24.3 Å². The van der Waals surface area contributed by atoms with E-state index < -0.39 is 0 Å². The number of benzene rings is 1. The van der Waals surface area contributed by atoms with Crippen LogP contribution >= 0.6 is 0 Å². The molecule has 0 aromatic heterocycles. The Morgan fingerprint density at radius 3 is 2.72 bits per heavy atom. The first-order chi connectivity index (χ1) is 8.83. The number of nitriles is 1. The molecule has 1 saturated heterocycles. The molecule has 1 unspecified atom stereocenters. The Kier molecular flexibility index (Phi) is 4.60. The molecule has 0 aliphatic carbocycles. The minimum absolute atomic E-state index is 0.618. The lowest BCUT2D eigenvalue weighted by Gasteiger charge is -2.27. The molecular formula is C15H21N3. The largest absolute Gasteiger partial charge is 0.370 e. The van der Waals surface area contributed by atoms with E-state index in [9.17, 15) is 0 Å². The molecule has 1 N–H and O–H groups in total. The maximum Gasteiger partial charge on any atom is 0.0991 e. The van der Waals surface area contributed by atoms with Gasteiger partial charge >= 0.3 is 0 Å². The van der Waals surface area contributed by atoms with E-state index in [4.69, 9.17) is 5.26 Å². The summed E-state index contributed by atoms with van der Waals surface area (Å²) in [6, 6.07) is 10.7. The first kappa shape index (κ1) is 12.9. The second kappa shape index (κ2) is 6.42. The normalized spacial score (nSPS) is 18.6. The summed E-state index contributed by atoms with van der Waals surface area (Å²) in [5, 5.41) is 12.4. The molecule has 1 aliphatic heterocycles. The van der Waals surface area contributed by atoms with Crippen molar-refractivity contribution in [1.29, 1.82) is 5.26 Å². The zero-order chi connectivity index (χ0) is 12.8. The van der Waals surface area contributed by atoms with Gasteiger partial charge in [0.1, 0.15) is 0 Å². The highest BCUT2D eigenvalue weighted by Crippen LogP contribution is 2.18. The third-order valence-electron chi connectivity index (χ3n) is 3.46. The number of nitrogens with zero attached hydrogens (tertiary/aromatic N) is 2. The molecule has 0 amide bonds. The second-order valence-electron chi connectivity index (χ2n) is 4.90. The van der Waals surface area contributed by atoms with Crippen molar-refractivity contribution >= 4 is 5.69 Å². The molecule has 96 valence electrons. The first-order valence-corrected chi connectivity index (χ1v) is 6.82. The van der Waals surface area contributed by atoms with E-state index >= 15 is 0 Å². The molecule has 2 rings (SSSR count). The number of hydrogen-bond donors (Lipinski definition) is 1. The van der Waals surface area contributed by atoms with Gasteiger partial charge in [0.2, 0.25) is 0 Å². The van der Waals surface area contributed by atoms with Crippen LogP contribution in [0.25, 0.3) is 0 Å². The highest BCUT2D eigenvalue weighted by molar-refractivity contribution is 5.49. The van der Waals surface area contributed by atoms with Crippen LogP contribution in [0.2, 0.25) is 0 Å². The molecule has 1 aromatic carbocycles. The van der Waals surface area contributed by atoms with Crippen LogP contribution < -0.4 is 10.2 Å². The number of nitrogens with one attached hydrogen (secondary N) is 1. The molecule has 1 heterocycles. The van der Waals surface area contributed by atoms with Gasteiger partial charge < -0.3 is 10.2 Å². The van der Waals surface area contributed by atoms with Gasteiger partial charge in [0.15, 0.2) is 0 Å². The van der Waals surface area contributed by atoms with Gasteiger partial charge in [0.25, 0.3) is 0 Å². The van der Waals surface area contributed by atoms with E-state index in [1.807, 2.05) is 12.1 Å². The predicted octanol–water partition coefficient (Wildman–Crippen LogP) is 2.53. The van der Waals surface area contributed by atoms with E-state index in [0.717, 1.165) is 31.6 Å². The fourth-order valence-corrected chi connectivity index (χ4v) is 2.52. The molecule has 18 heavy (non-hydrogen) atoms. The van der Waals surface area contributed by atoms with Crippen LogP contribution in [0, 0.1) is 11.3 Å². The molecule has 1 aliphatic rings. The molecule has 0 bridgehead atoms. The molecule has 0 saturated carbocycles. The first-order valence-electron chi connectivity index (χ1n) is 6.82. The summed E-state index contributed by atoms with van der Waals surface area (Å²) in [5.41, 5.74) is 1.96. The van der Waals surface area contributed by atoms with Crippen molar-refractivity contribution < 1.29 is 0 Å². The van der Waals surface area contributed by atoms with E-state index in [0.29, 0.717) is 6.04 Å². The summed E-state index contributed by atoms with van der Waals surface area (Å²) in [6.45, 7) is 5.50. The van der Waals surface area contributed by atoms with Gasteiger partial charge in [0.05, 0.1) is 11.6 Å². The van der Waals surface area contributed by atoms with Crippen molar-refractivity contribution in [2.45, 2.75) is 32.2 Å². The molecule has 1 fully saturated rings. The average molecular weight is 243 g/mol. The number of hydrogen-bond acceptors (Lipinski definition) is 3. The number of anilines is 1. The maximum atomic E-state index is 8.83. The third kappa shape index (κ3) is 3.24. The zero-order valence-corrected chi connectivity index (χ0v) is 11.0. The van der Waals surface area contributed by atoms with E-state index in [1.165, 1.54) is 18.5 Å². The Labute approximate surface area is 109 Å². The van der Waals surface area contributed by atoms with Gasteiger partial charge in [-0.15, -0.1) is 0 Å². The Bertz CT molecular complexity index is 399. The summed E-state index contributed by atoms with van der Waals surface area (Å²) < 4.78 is 0. The van der Waals surface area contributed by atoms with Crippen molar-refractivity contribution in [2.24, 2.45) is 0 Å². The minimum Gasteiger partial charge on any atom is -0.370 e. The topological polar surface area (TPSA) is 39.1 Å². The lowest BCUT2D eigenvalue weighted by molar-refractivity contribution is 0.578. The fraction of sp³-hybridized carbons (Fsp3) is 0.533. The maximum absolute atomic E-state index is 8.83. The van der Waals surface area contributed by atoms with Crippen LogP contribution in [0.1, 0.15) is 31.7 Å². The van der Waals surface area contributed by atoms with Gasteiger partial charge in [-0.2, -0.15) is 5.26 Å². The standard InChI is InChI=1S/C15H21N3/c1-2-10-18(12-14-4-3-9-17-14)15-7-5-13(11-16)6-8-15/h5-8,14,17H,2-4,9-10,12H2,1H3. The zero-order valence-electron chi connectivity index (χ0n) is 11.0. The monoisotopic (exact) mass is 243 g/mol. The smallest absolute Gasteiger partial charge is 0.0991 e. The summed E-state index contributed by atoms with van der Waals surface area (Å²) in [4.78, 5) is 2.42. The Hall–Kier alpha value is -1.53. The van der Waals surface area contributed by atoms with Crippen LogP contribution in [0.5, 0.6) is 0 Å². The van der Waals surface area contributed by atoms with Crippen molar-refractivity contribution in [3.8, 4) is 6.07 Å². The van der Waals surface area contributed by atoms with E-state index in [2.05, 4.69) is 35.3 Å². The highest BCUT2D eigenvalue weighted by atomic mass is 15.2. The lowest BCUT2D eigenvalue weighted by Crippen LogP contribution is -2.38. The number of rotatable bonds is 5. The second-order valence-corrected chi connectivity index (χ2v) is 4.90. The summed E-state index contributed by atoms with van der Waals surface area (Å²) in [7, 11) is 0. The van der Waals surface area contributed by atoms with Crippen LogP contribution in [0.4, 0.5) is 5.69 Å². The van der Waals surface area contributed by atoms with Crippen molar-refractivity contribution in [3.63, 3.8) is 0 Å². The molecule has 3 nitrogen and oxygen atoms in total. The Morgan fingerprint density at radius 2 is 2.17 bits per heavy atom. The average Bonchev–Trinajstić information content (AvgIpc) is 2.91. The molecule has 1 atom stereocenters. The van der Waals surface area contributed by atoms with Crippen LogP contribution in [-0.4, -0.2) is 25.7 Å². The van der Waals surface area contributed by atoms with Crippen molar-refractivity contribution in [1.82, 2.24) is 5.32 Å². The molecule has 0 radical (unpaired) electrons. The van der Waals surface area contributed by atoms with Gasteiger partial charge in [-0.1, -0.05) is 6.92 Å². The van der Waals surface area contributed by atoms with Gasteiger partial charge in [-0.3, -0.25) is 0 Å².